The molecule has 0 radical (unpaired) electrons. The standard InChI is InChI=1S/C47H71N9O10S/c1-12-28(4)41(53-46(65)47(7,8)54(9)10)45(64)55(11)35(27(2)3)25-37(66-30(6)57)44-52-34(26-67-44)43(63)50-32(22-29(5)42(62)49-20-19-48)23-31-15-16-36(58)33(24-31)51-38(59)14-13-21-56-39(60)17-18-40(56)61/h15-18,24,26-29,32,35,37,41,58H,12-14,19-23,25,48H2,1-11H3,(H,49,62)(H,50,63)(H,51,59)(H,53,65)/t28-,29?,32+,35?,37+,41-/m0/s1. The summed E-state index contributed by atoms with van der Waals surface area (Å²) in [7, 11) is 5.26. The van der Waals surface area contributed by atoms with Crippen molar-refractivity contribution >= 4 is 64.3 Å². The van der Waals surface area contributed by atoms with Crippen LogP contribution in [0.3, 0.4) is 0 Å². The molecule has 1 aliphatic rings. The summed E-state index contributed by atoms with van der Waals surface area (Å²) in [6.45, 7) is 14.8. The number of anilines is 1. The SMILES string of the molecule is CC[C@H](C)[C@H](NC(=O)C(C)(C)N(C)C)C(=O)N(C)C(C[C@@H](OC(C)=O)c1nc(C(=O)N[C@@H](Cc2ccc(O)c(NC(=O)CCCN3C(=O)C=CC3=O)c2)CC(C)C(=O)NCCN)cs1)C(C)C. The van der Waals surface area contributed by atoms with E-state index in [0.29, 0.717) is 17.0 Å². The second kappa shape index (κ2) is 25.4. The van der Waals surface area contributed by atoms with Crippen LogP contribution in [0.25, 0.3) is 0 Å². The van der Waals surface area contributed by atoms with Gasteiger partial charge < -0.3 is 41.7 Å². The minimum Gasteiger partial charge on any atom is -0.506 e. The zero-order valence-corrected chi connectivity index (χ0v) is 41.6. The van der Waals surface area contributed by atoms with Crippen LogP contribution in [-0.2, 0) is 44.7 Å². The molecule has 2 aromatic rings. The van der Waals surface area contributed by atoms with Crippen molar-refractivity contribution in [3.63, 3.8) is 0 Å². The Hall–Kier alpha value is -5.73. The summed E-state index contributed by atoms with van der Waals surface area (Å²) in [4.78, 5) is 113. The first kappa shape index (κ1) is 55.6. The Morgan fingerprint density at radius 1 is 0.985 bits per heavy atom. The first-order valence-corrected chi connectivity index (χ1v) is 23.6. The van der Waals surface area contributed by atoms with Crippen molar-refractivity contribution in [2.45, 2.75) is 124 Å². The van der Waals surface area contributed by atoms with Crippen molar-refractivity contribution in [2.75, 3.05) is 46.1 Å². The molecule has 0 fully saturated rings. The molecular formula is C47H71N9O10S. The number of hydrogen-bond acceptors (Lipinski definition) is 14. The molecule has 0 saturated heterocycles. The molecule has 19 nitrogen and oxygen atoms in total. The normalized spacial score (nSPS) is 15.4. The number of phenols is 1. The maximum atomic E-state index is 14.3. The maximum absolute atomic E-state index is 14.3. The van der Waals surface area contributed by atoms with Crippen LogP contribution in [0, 0.1) is 17.8 Å². The van der Waals surface area contributed by atoms with Crippen molar-refractivity contribution in [1.29, 1.82) is 0 Å². The van der Waals surface area contributed by atoms with Gasteiger partial charge in [0.2, 0.25) is 23.6 Å². The molecular weight excluding hydrogens is 883 g/mol. The highest BCUT2D eigenvalue weighted by atomic mass is 32.1. The first-order chi connectivity index (χ1) is 31.4. The first-order valence-electron chi connectivity index (χ1n) is 22.7. The lowest BCUT2D eigenvalue weighted by Gasteiger charge is -2.38. The van der Waals surface area contributed by atoms with E-state index in [1.165, 1.54) is 30.5 Å². The van der Waals surface area contributed by atoms with E-state index in [4.69, 9.17) is 10.5 Å². The molecule has 2 heterocycles. The third-order valence-corrected chi connectivity index (χ3v) is 13.2. The number of nitrogens with one attached hydrogen (secondary N) is 4. The van der Waals surface area contributed by atoms with Gasteiger partial charge in [-0.1, -0.05) is 47.1 Å². The number of amides is 7. The largest absolute Gasteiger partial charge is 0.506 e. The van der Waals surface area contributed by atoms with Gasteiger partial charge in [-0.25, -0.2) is 4.98 Å². The Labute approximate surface area is 398 Å². The van der Waals surface area contributed by atoms with Crippen LogP contribution >= 0.6 is 11.3 Å². The van der Waals surface area contributed by atoms with E-state index in [2.05, 4.69) is 26.3 Å². The number of hydrogen-bond donors (Lipinski definition) is 6. The molecule has 0 saturated carbocycles. The number of benzene rings is 1. The fourth-order valence-electron chi connectivity index (χ4n) is 7.34. The molecule has 6 atom stereocenters. The lowest BCUT2D eigenvalue weighted by atomic mass is 9.92. The summed E-state index contributed by atoms with van der Waals surface area (Å²) in [5, 5.41) is 23.9. The number of rotatable bonds is 26. The van der Waals surface area contributed by atoms with Crippen LogP contribution in [0.1, 0.15) is 115 Å². The molecule has 3 rings (SSSR count). The fourth-order valence-corrected chi connectivity index (χ4v) is 8.18. The predicted molar refractivity (Wildman–Crippen MR) is 254 cm³/mol. The second-order valence-electron chi connectivity index (χ2n) is 18.2. The van der Waals surface area contributed by atoms with Gasteiger partial charge in [0.15, 0.2) is 6.10 Å². The number of imide groups is 1. The summed E-state index contributed by atoms with van der Waals surface area (Å²) < 4.78 is 5.81. The van der Waals surface area contributed by atoms with Crippen molar-refractivity contribution in [1.82, 2.24) is 35.6 Å². The molecule has 2 unspecified atom stereocenters. The Bertz CT molecular complexity index is 2100. The number of nitrogens with two attached hydrogens (primary N) is 1. The maximum Gasteiger partial charge on any atom is 0.303 e. The number of phenolic OH excluding ortho intramolecular Hbond substituents is 1. The smallest absolute Gasteiger partial charge is 0.303 e. The van der Waals surface area contributed by atoms with Gasteiger partial charge in [-0.2, -0.15) is 0 Å². The number of carbonyl (C=O) groups excluding carboxylic acids is 8. The molecule has 0 aliphatic carbocycles. The number of aromatic nitrogens is 1. The topological polar surface area (TPSA) is 263 Å². The molecule has 0 spiro atoms. The van der Waals surface area contributed by atoms with E-state index in [0.717, 1.165) is 16.2 Å². The van der Waals surface area contributed by atoms with Crippen LogP contribution in [0.5, 0.6) is 5.75 Å². The van der Waals surface area contributed by atoms with Crippen molar-refractivity contribution in [2.24, 2.45) is 23.5 Å². The average molecular weight is 954 g/mol. The zero-order valence-electron chi connectivity index (χ0n) is 40.8. The molecule has 1 aromatic heterocycles. The molecule has 1 aromatic carbocycles. The third kappa shape index (κ3) is 16.0. The Kier molecular flexibility index (Phi) is 21.1. The van der Waals surface area contributed by atoms with Gasteiger partial charge in [0.05, 0.1) is 11.2 Å². The van der Waals surface area contributed by atoms with E-state index in [-0.39, 0.29) is 98.4 Å². The molecule has 67 heavy (non-hydrogen) atoms. The summed E-state index contributed by atoms with van der Waals surface area (Å²) >= 11 is 1.11. The quantitative estimate of drug-likeness (QED) is 0.0450. The van der Waals surface area contributed by atoms with Crippen LogP contribution < -0.4 is 27.0 Å². The predicted octanol–water partition coefficient (Wildman–Crippen LogP) is 3.28. The summed E-state index contributed by atoms with van der Waals surface area (Å²) in [5.74, 6) is -4.46. The van der Waals surface area contributed by atoms with Crippen LogP contribution in [0.4, 0.5) is 5.69 Å². The van der Waals surface area contributed by atoms with Gasteiger partial charge in [0.1, 0.15) is 22.5 Å². The van der Waals surface area contributed by atoms with Gasteiger partial charge in [0.25, 0.3) is 17.7 Å². The second-order valence-corrected chi connectivity index (χ2v) is 19.1. The minimum absolute atomic E-state index is 0.0303. The summed E-state index contributed by atoms with van der Waals surface area (Å²) in [6, 6.07) is 2.62. The lowest BCUT2D eigenvalue weighted by molar-refractivity contribution is -0.149. The Morgan fingerprint density at radius 3 is 2.22 bits per heavy atom. The monoisotopic (exact) mass is 954 g/mol. The Morgan fingerprint density at radius 2 is 1.64 bits per heavy atom. The molecule has 7 N–H and O–H groups in total. The van der Waals surface area contributed by atoms with E-state index < -0.39 is 65.3 Å². The minimum atomic E-state index is -0.939. The third-order valence-electron chi connectivity index (χ3n) is 12.2. The Balaban J connectivity index is 1.85. The lowest BCUT2D eigenvalue weighted by Crippen LogP contribution is -2.60. The van der Waals surface area contributed by atoms with Gasteiger partial charge in [-0.15, -0.1) is 11.3 Å². The summed E-state index contributed by atoms with van der Waals surface area (Å²) in [6.07, 6.45) is 2.69. The fraction of sp³-hybridized carbons (Fsp3) is 0.596. The highest BCUT2D eigenvalue weighted by Crippen LogP contribution is 2.32. The number of likely N-dealkylation sites (N-methyl/N-ethyl adjacent to an activating group) is 2. The van der Waals surface area contributed by atoms with E-state index >= 15 is 0 Å². The summed E-state index contributed by atoms with van der Waals surface area (Å²) in [5.41, 5.74) is 5.46. The highest BCUT2D eigenvalue weighted by Gasteiger charge is 2.39. The molecule has 7 amide bonds. The number of esters is 1. The zero-order chi connectivity index (χ0) is 50.3. The van der Waals surface area contributed by atoms with Crippen LogP contribution in [0.2, 0.25) is 0 Å². The number of ether oxygens (including phenoxy) is 1. The molecule has 20 heteroatoms. The van der Waals surface area contributed by atoms with E-state index in [1.807, 2.05) is 27.7 Å². The number of carbonyl (C=O) groups is 8. The molecule has 0 bridgehead atoms. The van der Waals surface area contributed by atoms with Crippen LogP contribution in [-0.4, -0.2) is 137 Å². The van der Waals surface area contributed by atoms with Gasteiger partial charge >= 0.3 is 5.97 Å². The van der Waals surface area contributed by atoms with Crippen LogP contribution in [0.15, 0.2) is 35.7 Å². The molecule has 370 valence electrons. The van der Waals surface area contributed by atoms with Gasteiger partial charge in [0, 0.05) is 82.0 Å². The van der Waals surface area contributed by atoms with Crippen molar-refractivity contribution in [3.05, 3.63) is 52.0 Å². The molecule has 1 aliphatic heterocycles. The number of aromatic hydroxyl groups is 1. The van der Waals surface area contributed by atoms with Gasteiger partial charge in [-0.3, -0.25) is 48.2 Å². The van der Waals surface area contributed by atoms with E-state index in [1.54, 1.807) is 63.8 Å². The van der Waals surface area contributed by atoms with Gasteiger partial charge in [-0.05, 0) is 76.7 Å². The van der Waals surface area contributed by atoms with Crippen molar-refractivity contribution in [3.8, 4) is 5.75 Å². The average Bonchev–Trinajstić information content (AvgIpc) is 3.89. The number of thiazole rings is 1. The number of nitrogens with zero attached hydrogens (tertiary/aromatic N) is 4. The van der Waals surface area contributed by atoms with E-state index in [9.17, 15) is 43.5 Å². The van der Waals surface area contributed by atoms with Crippen molar-refractivity contribution < 1.29 is 48.2 Å². The highest BCUT2D eigenvalue weighted by molar-refractivity contribution is 7.09.